The number of nitrogens with zero attached hydrogens (tertiary/aromatic N) is 3. The third kappa shape index (κ3) is 2.05. The molecule has 0 N–H and O–H groups in total. The van der Waals surface area contributed by atoms with E-state index in [1.807, 2.05) is 46.3 Å². The second kappa shape index (κ2) is 4.03. The van der Waals surface area contributed by atoms with Crippen LogP contribution in [0.15, 0.2) is 18.5 Å². The highest BCUT2D eigenvalue weighted by atomic mass is 15.2. The molecule has 0 bridgehead atoms. The molecule has 0 atom stereocenters. The van der Waals surface area contributed by atoms with Gasteiger partial charge in [0.25, 0.3) is 0 Å². The first-order chi connectivity index (χ1) is 6.25. The quantitative estimate of drug-likeness (QED) is 0.618. The fourth-order valence-electron chi connectivity index (χ4n) is 1.14. The molecule has 3 heteroatoms. The summed E-state index contributed by atoms with van der Waals surface area (Å²) in [5.74, 6) is 0. The molecule has 13 heavy (non-hydrogen) atoms. The molecule has 0 aromatic carbocycles. The lowest BCUT2D eigenvalue weighted by molar-refractivity contribution is 0.779. The monoisotopic (exact) mass is 177 g/mol. The smallest absolute Gasteiger partial charge is 0.0956 e. The number of rotatable bonds is 0. The fourth-order valence-corrected chi connectivity index (χ4v) is 1.14. The summed E-state index contributed by atoms with van der Waals surface area (Å²) in [4.78, 5) is 4.17. The molecule has 70 valence electrons. The number of aromatic nitrogens is 3. The van der Waals surface area contributed by atoms with Crippen molar-refractivity contribution < 1.29 is 0 Å². The molecular formula is C10H15N3. The molecular weight excluding hydrogens is 162 g/mol. The highest BCUT2D eigenvalue weighted by molar-refractivity contribution is 5.77. The van der Waals surface area contributed by atoms with Crippen LogP contribution in [0.4, 0.5) is 0 Å². The Hall–Kier alpha value is -1.38. The second-order valence-corrected chi connectivity index (χ2v) is 2.69. The van der Waals surface area contributed by atoms with Crippen molar-refractivity contribution in [1.29, 1.82) is 0 Å². The van der Waals surface area contributed by atoms with Gasteiger partial charge < -0.3 is 0 Å². The standard InChI is InChI=1S/C8H9N3.C2H6/c1-6-3-8-7(4-9-6)5-11(2)10-8;1-2/h3-5H,1-2H3;1-2H3. The van der Waals surface area contributed by atoms with Gasteiger partial charge in [-0.05, 0) is 13.0 Å². The molecule has 0 aliphatic carbocycles. The Bertz CT molecular complexity index is 390. The molecule has 0 amide bonds. The Morgan fingerprint density at radius 1 is 1.31 bits per heavy atom. The first kappa shape index (κ1) is 9.71. The molecule has 0 saturated heterocycles. The van der Waals surface area contributed by atoms with Crippen LogP contribution >= 0.6 is 0 Å². The number of aryl methyl sites for hydroxylation is 2. The maximum atomic E-state index is 4.25. The van der Waals surface area contributed by atoms with Crippen LogP contribution in [-0.4, -0.2) is 14.8 Å². The highest BCUT2D eigenvalue weighted by Gasteiger charge is 1.97. The van der Waals surface area contributed by atoms with Crippen LogP contribution in [0, 0.1) is 6.92 Å². The topological polar surface area (TPSA) is 30.7 Å². The van der Waals surface area contributed by atoms with Crippen LogP contribution in [-0.2, 0) is 7.05 Å². The van der Waals surface area contributed by atoms with Gasteiger partial charge in [-0.15, -0.1) is 0 Å². The number of pyridine rings is 1. The normalized spacial score (nSPS) is 9.54. The van der Waals surface area contributed by atoms with Crippen LogP contribution in [0.2, 0.25) is 0 Å². The minimum absolute atomic E-state index is 1.01. The van der Waals surface area contributed by atoms with Crippen LogP contribution < -0.4 is 0 Å². The van der Waals surface area contributed by atoms with Gasteiger partial charge in [0.2, 0.25) is 0 Å². The van der Waals surface area contributed by atoms with Gasteiger partial charge in [0, 0.05) is 30.5 Å². The van der Waals surface area contributed by atoms with Crippen molar-refractivity contribution in [2.45, 2.75) is 20.8 Å². The molecule has 3 nitrogen and oxygen atoms in total. The number of hydrogen-bond acceptors (Lipinski definition) is 2. The van der Waals surface area contributed by atoms with Gasteiger partial charge in [0.15, 0.2) is 0 Å². The van der Waals surface area contributed by atoms with Crippen LogP contribution in [0.3, 0.4) is 0 Å². The zero-order chi connectivity index (χ0) is 9.84. The van der Waals surface area contributed by atoms with Crippen LogP contribution in [0.1, 0.15) is 19.5 Å². The Balaban J connectivity index is 0.000000396. The van der Waals surface area contributed by atoms with Gasteiger partial charge >= 0.3 is 0 Å². The lowest BCUT2D eigenvalue weighted by Crippen LogP contribution is -1.84. The second-order valence-electron chi connectivity index (χ2n) is 2.69. The summed E-state index contributed by atoms with van der Waals surface area (Å²) in [6.45, 7) is 5.97. The predicted molar refractivity (Wildman–Crippen MR) is 54.6 cm³/mol. The molecule has 0 spiro atoms. The van der Waals surface area contributed by atoms with Crippen LogP contribution in [0.5, 0.6) is 0 Å². The summed E-state index contributed by atoms with van der Waals surface area (Å²) in [5.41, 5.74) is 2.02. The highest BCUT2D eigenvalue weighted by Crippen LogP contribution is 2.09. The molecule has 2 heterocycles. The summed E-state index contributed by atoms with van der Waals surface area (Å²) in [7, 11) is 1.91. The van der Waals surface area contributed by atoms with E-state index in [1.54, 1.807) is 4.68 Å². The Morgan fingerprint density at radius 3 is 2.69 bits per heavy atom. The van der Waals surface area contributed by atoms with Gasteiger partial charge in [-0.25, -0.2) is 0 Å². The van der Waals surface area contributed by atoms with E-state index < -0.39 is 0 Å². The number of fused-ring (bicyclic) bond motifs is 1. The molecule has 0 saturated carbocycles. The molecule has 0 aliphatic heterocycles. The molecule has 2 rings (SSSR count). The summed E-state index contributed by atoms with van der Waals surface area (Å²) >= 11 is 0. The maximum Gasteiger partial charge on any atom is 0.0956 e. The van der Waals surface area contributed by atoms with Gasteiger partial charge in [0.1, 0.15) is 0 Å². The molecule has 2 aromatic heterocycles. The van der Waals surface area contributed by atoms with E-state index in [0.717, 1.165) is 16.6 Å². The summed E-state index contributed by atoms with van der Waals surface area (Å²) in [6.07, 6.45) is 3.80. The van der Waals surface area contributed by atoms with Gasteiger partial charge in [0.05, 0.1) is 5.52 Å². The number of hydrogen-bond donors (Lipinski definition) is 0. The van der Waals surface area contributed by atoms with Gasteiger partial charge in [-0.1, -0.05) is 13.8 Å². The summed E-state index contributed by atoms with van der Waals surface area (Å²) in [5, 5.41) is 5.35. The Kier molecular flexibility index (Phi) is 3.01. The van der Waals surface area contributed by atoms with E-state index in [4.69, 9.17) is 0 Å². The minimum Gasteiger partial charge on any atom is -0.275 e. The zero-order valence-corrected chi connectivity index (χ0v) is 8.57. The van der Waals surface area contributed by atoms with Crippen molar-refractivity contribution in [2.75, 3.05) is 0 Å². The van der Waals surface area contributed by atoms with E-state index in [-0.39, 0.29) is 0 Å². The van der Waals surface area contributed by atoms with E-state index in [0.29, 0.717) is 0 Å². The van der Waals surface area contributed by atoms with Crippen molar-refractivity contribution in [1.82, 2.24) is 14.8 Å². The lowest BCUT2D eigenvalue weighted by atomic mass is 10.3. The van der Waals surface area contributed by atoms with E-state index in [2.05, 4.69) is 10.1 Å². The summed E-state index contributed by atoms with van der Waals surface area (Å²) in [6, 6.07) is 1.98. The molecule has 2 aromatic rings. The first-order valence-corrected chi connectivity index (χ1v) is 4.52. The SMILES string of the molecule is CC.Cc1cc2nn(C)cc2cn1. The summed E-state index contributed by atoms with van der Waals surface area (Å²) < 4.78 is 1.80. The third-order valence-corrected chi connectivity index (χ3v) is 1.64. The van der Waals surface area contributed by atoms with Crippen molar-refractivity contribution >= 4 is 10.9 Å². The van der Waals surface area contributed by atoms with E-state index >= 15 is 0 Å². The Labute approximate surface area is 78.4 Å². The molecule has 0 fully saturated rings. The van der Waals surface area contributed by atoms with Gasteiger partial charge in [-0.2, -0.15) is 5.10 Å². The molecule has 0 radical (unpaired) electrons. The zero-order valence-electron chi connectivity index (χ0n) is 8.57. The average Bonchev–Trinajstić information content (AvgIpc) is 2.48. The average molecular weight is 177 g/mol. The first-order valence-electron chi connectivity index (χ1n) is 4.52. The maximum absolute atomic E-state index is 4.25. The minimum atomic E-state index is 1.01. The van der Waals surface area contributed by atoms with Crippen molar-refractivity contribution in [3.63, 3.8) is 0 Å². The molecule has 0 aliphatic rings. The van der Waals surface area contributed by atoms with Crippen molar-refractivity contribution in [3.8, 4) is 0 Å². The van der Waals surface area contributed by atoms with Crippen molar-refractivity contribution in [2.24, 2.45) is 7.05 Å². The third-order valence-electron chi connectivity index (χ3n) is 1.64. The van der Waals surface area contributed by atoms with Gasteiger partial charge in [-0.3, -0.25) is 9.67 Å². The Morgan fingerprint density at radius 2 is 2.00 bits per heavy atom. The lowest BCUT2D eigenvalue weighted by Gasteiger charge is -1.87. The van der Waals surface area contributed by atoms with Crippen molar-refractivity contribution in [3.05, 3.63) is 24.2 Å². The largest absolute Gasteiger partial charge is 0.275 e. The van der Waals surface area contributed by atoms with E-state index in [1.165, 1.54) is 0 Å². The van der Waals surface area contributed by atoms with E-state index in [9.17, 15) is 0 Å². The van der Waals surface area contributed by atoms with Crippen LogP contribution in [0.25, 0.3) is 10.9 Å². The fraction of sp³-hybridized carbons (Fsp3) is 0.400. The predicted octanol–water partition coefficient (Wildman–Crippen LogP) is 2.30. The molecule has 0 unspecified atom stereocenters.